The summed E-state index contributed by atoms with van der Waals surface area (Å²) >= 11 is 0. The molecule has 0 fully saturated rings. The highest BCUT2D eigenvalue weighted by Gasteiger charge is 2.49. The molecular formula is C15H19F3O12S. The monoisotopic (exact) mass is 480 g/mol. The first-order chi connectivity index (χ1) is 14.0. The Kier molecular flexibility index (Phi) is 10.6. The van der Waals surface area contributed by atoms with Crippen molar-refractivity contribution >= 4 is 40.3 Å². The van der Waals surface area contributed by atoms with Crippen LogP contribution in [-0.4, -0.2) is 75.1 Å². The van der Waals surface area contributed by atoms with Crippen molar-refractivity contribution in [2.75, 3.05) is 6.61 Å². The number of rotatable bonds is 11. The molecule has 0 amide bonds. The first-order valence-corrected chi connectivity index (χ1v) is 9.52. The Labute approximate surface area is 174 Å². The zero-order valence-electron chi connectivity index (χ0n) is 16.5. The van der Waals surface area contributed by atoms with E-state index in [-0.39, 0.29) is 6.29 Å². The van der Waals surface area contributed by atoms with E-state index in [1.807, 2.05) is 0 Å². The Morgan fingerprint density at radius 3 is 1.58 bits per heavy atom. The van der Waals surface area contributed by atoms with E-state index in [4.69, 9.17) is 9.47 Å². The highest BCUT2D eigenvalue weighted by Crippen LogP contribution is 2.26. The first kappa shape index (κ1) is 28.2. The number of esters is 4. The fourth-order valence-corrected chi connectivity index (χ4v) is 2.50. The molecule has 0 saturated heterocycles. The fraction of sp³-hybridized carbons (Fsp3) is 0.667. The van der Waals surface area contributed by atoms with Gasteiger partial charge in [0, 0.05) is 27.7 Å². The molecule has 0 spiro atoms. The Morgan fingerprint density at radius 2 is 1.23 bits per heavy atom. The molecule has 178 valence electrons. The van der Waals surface area contributed by atoms with Crippen molar-refractivity contribution < 1.29 is 68.7 Å². The molecule has 31 heavy (non-hydrogen) atoms. The number of hydrogen-bond donors (Lipinski definition) is 0. The summed E-state index contributed by atoms with van der Waals surface area (Å²) in [6.45, 7) is 1.66. The van der Waals surface area contributed by atoms with Crippen molar-refractivity contribution in [1.29, 1.82) is 0 Å². The topological polar surface area (TPSA) is 166 Å². The van der Waals surface area contributed by atoms with Crippen LogP contribution in [0, 0.1) is 0 Å². The van der Waals surface area contributed by atoms with Crippen LogP contribution in [0.4, 0.5) is 13.2 Å². The van der Waals surface area contributed by atoms with Gasteiger partial charge in [0.1, 0.15) is 6.61 Å². The van der Waals surface area contributed by atoms with Crippen LogP contribution in [0.25, 0.3) is 0 Å². The highest BCUT2D eigenvalue weighted by atomic mass is 32.2. The number of alkyl halides is 3. The van der Waals surface area contributed by atoms with Crippen LogP contribution in [0.3, 0.4) is 0 Å². The lowest BCUT2D eigenvalue weighted by atomic mass is 10.0. The van der Waals surface area contributed by atoms with Gasteiger partial charge in [-0.05, 0) is 0 Å². The molecule has 0 radical (unpaired) electrons. The van der Waals surface area contributed by atoms with Gasteiger partial charge < -0.3 is 18.9 Å². The van der Waals surface area contributed by atoms with Gasteiger partial charge >= 0.3 is 39.5 Å². The van der Waals surface area contributed by atoms with Crippen LogP contribution >= 0.6 is 0 Å². The van der Waals surface area contributed by atoms with Crippen molar-refractivity contribution in [2.45, 2.75) is 57.6 Å². The molecule has 0 saturated carbocycles. The quantitative estimate of drug-likeness (QED) is 0.126. The largest absolute Gasteiger partial charge is 0.523 e. The van der Waals surface area contributed by atoms with E-state index in [1.54, 1.807) is 0 Å². The number of carbonyl (C=O) groups is 5. The molecule has 0 aromatic heterocycles. The lowest BCUT2D eigenvalue weighted by Gasteiger charge is -2.33. The maximum absolute atomic E-state index is 12.5. The summed E-state index contributed by atoms with van der Waals surface area (Å²) in [5.74, 6) is -4.58. The second kappa shape index (κ2) is 11.6. The van der Waals surface area contributed by atoms with Crippen molar-refractivity contribution in [2.24, 2.45) is 0 Å². The predicted octanol–water partition coefficient (Wildman–Crippen LogP) is -0.222. The summed E-state index contributed by atoms with van der Waals surface area (Å²) in [6.07, 6.45) is -8.37. The van der Waals surface area contributed by atoms with Crippen molar-refractivity contribution in [3.8, 4) is 0 Å². The molecule has 16 heteroatoms. The lowest BCUT2D eigenvalue weighted by molar-refractivity contribution is -0.199. The van der Waals surface area contributed by atoms with E-state index >= 15 is 0 Å². The molecule has 0 unspecified atom stereocenters. The lowest BCUT2D eigenvalue weighted by Crippen LogP contribution is -2.53. The van der Waals surface area contributed by atoms with E-state index in [1.165, 1.54) is 0 Å². The second-order valence-electron chi connectivity index (χ2n) is 5.69. The Balaban J connectivity index is 6.27. The molecule has 12 nitrogen and oxygen atoms in total. The van der Waals surface area contributed by atoms with Crippen molar-refractivity contribution in [1.82, 2.24) is 0 Å². The minimum atomic E-state index is -6.18. The number of carbonyl (C=O) groups excluding carboxylic acids is 5. The minimum Gasteiger partial charge on any atom is -0.456 e. The van der Waals surface area contributed by atoms with Gasteiger partial charge in [0.05, 0.1) is 0 Å². The van der Waals surface area contributed by atoms with Crippen LogP contribution in [0.2, 0.25) is 0 Å². The third kappa shape index (κ3) is 9.73. The van der Waals surface area contributed by atoms with Gasteiger partial charge in [-0.1, -0.05) is 0 Å². The Morgan fingerprint density at radius 1 is 0.806 bits per heavy atom. The summed E-state index contributed by atoms with van der Waals surface area (Å²) in [4.78, 5) is 56.9. The maximum Gasteiger partial charge on any atom is 0.523 e. The Hall–Kier alpha value is -2.75. The van der Waals surface area contributed by atoms with Crippen LogP contribution in [0.1, 0.15) is 27.7 Å². The average Bonchev–Trinajstić information content (AvgIpc) is 2.57. The van der Waals surface area contributed by atoms with Gasteiger partial charge in [-0.15, -0.1) is 0 Å². The van der Waals surface area contributed by atoms with E-state index in [0.717, 1.165) is 27.7 Å². The molecule has 0 aromatic carbocycles. The molecule has 0 bridgehead atoms. The third-order valence-corrected chi connectivity index (χ3v) is 4.06. The summed E-state index contributed by atoms with van der Waals surface area (Å²) in [7, 11) is -6.18. The van der Waals surface area contributed by atoms with Crippen LogP contribution in [0.5, 0.6) is 0 Å². The molecule has 0 aliphatic carbocycles. The van der Waals surface area contributed by atoms with E-state index in [0.29, 0.717) is 0 Å². The number of hydrogen-bond acceptors (Lipinski definition) is 12. The number of halogens is 3. The molecule has 0 aliphatic heterocycles. The zero-order chi connectivity index (χ0) is 24.6. The third-order valence-electron chi connectivity index (χ3n) is 3.04. The molecule has 0 aromatic rings. The Bertz CT molecular complexity index is 792. The average molecular weight is 480 g/mol. The van der Waals surface area contributed by atoms with E-state index < -0.39 is 70.5 Å². The van der Waals surface area contributed by atoms with E-state index in [9.17, 15) is 45.6 Å². The van der Waals surface area contributed by atoms with Gasteiger partial charge in [-0.3, -0.25) is 28.2 Å². The smallest absolute Gasteiger partial charge is 0.456 e. The predicted molar refractivity (Wildman–Crippen MR) is 89.2 cm³/mol. The molecule has 4 atom stereocenters. The SMILES string of the molecule is CC(=O)O[C@@H]([C@H](OC(C)=O)[C@@H](COS(=O)(=O)C(F)(F)F)OC(C)=O)[C@@H](C=O)OC(C)=O. The van der Waals surface area contributed by atoms with Crippen LogP contribution in [0.15, 0.2) is 0 Å². The van der Waals surface area contributed by atoms with Gasteiger partial charge in [0.25, 0.3) is 0 Å². The summed E-state index contributed by atoms with van der Waals surface area (Å²) in [5.41, 5.74) is -5.84. The van der Waals surface area contributed by atoms with Gasteiger partial charge in [0.2, 0.25) is 0 Å². The molecule has 0 aliphatic rings. The number of ether oxygens (including phenoxy) is 4. The summed E-state index contributed by atoms with van der Waals surface area (Å²) in [5, 5.41) is 0. The van der Waals surface area contributed by atoms with E-state index in [2.05, 4.69) is 13.7 Å². The fourth-order valence-electron chi connectivity index (χ4n) is 2.06. The van der Waals surface area contributed by atoms with Gasteiger partial charge in [0.15, 0.2) is 30.7 Å². The number of aldehydes is 1. The first-order valence-electron chi connectivity index (χ1n) is 8.11. The zero-order valence-corrected chi connectivity index (χ0v) is 17.4. The van der Waals surface area contributed by atoms with Gasteiger partial charge in [-0.25, -0.2) is 0 Å². The maximum atomic E-state index is 12.5. The van der Waals surface area contributed by atoms with Crippen LogP contribution < -0.4 is 0 Å². The van der Waals surface area contributed by atoms with Crippen molar-refractivity contribution in [3.63, 3.8) is 0 Å². The highest BCUT2D eigenvalue weighted by molar-refractivity contribution is 7.87. The molecule has 0 heterocycles. The second-order valence-corrected chi connectivity index (χ2v) is 7.30. The summed E-state index contributed by atoms with van der Waals surface area (Å²) < 4.78 is 82.6. The normalized spacial score (nSPS) is 15.6. The summed E-state index contributed by atoms with van der Waals surface area (Å²) in [6, 6.07) is 0. The van der Waals surface area contributed by atoms with Crippen molar-refractivity contribution in [3.05, 3.63) is 0 Å². The molecule has 0 N–H and O–H groups in total. The van der Waals surface area contributed by atoms with Crippen LogP contribution in [-0.2, 0) is 57.2 Å². The molecule has 0 rings (SSSR count). The van der Waals surface area contributed by atoms with Gasteiger partial charge in [-0.2, -0.15) is 21.6 Å². The molecular weight excluding hydrogens is 461 g/mol. The standard InChI is InChI=1S/C15H19F3O12S/c1-7(20)27-11(5-19)13(29-9(3)22)14(30-10(4)23)12(28-8(2)21)6-26-31(24,25)15(16,17)18/h5,11-14H,6H2,1-4H3/t11-,12-,13-,14-/m1/s1. The minimum absolute atomic E-state index is 0.0658.